The first-order valence-electron chi connectivity index (χ1n) is 9.64. The topological polar surface area (TPSA) is 85.3 Å². The van der Waals surface area contributed by atoms with Crippen molar-refractivity contribution in [2.24, 2.45) is 4.99 Å². The molecule has 2 unspecified atom stereocenters. The van der Waals surface area contributed by atoms with Crippen LogP contribution in [0.5, 0.6) is 11.5 Å². The van der Waals surface area contributed by atoms with Crippen molar-refractivity contribution in [1.29, 1.82) is 0 Å². The molecular formula is C21H20N2O5S2. The number of fused-ring (bicyclic) bond motifs is 2. The van der Waals surface area contributed by atoms with Gasteiger partial charge >= 0.3 is 0 Å². The van der Waals surface area contributed by atoms with E-state index < -0.39 is 9.84 Å². The summed E-state index contributed by atoms with van der Waals surface area (Å²) in [6.45, 7) is 0.653. The summed E-state index contributed by atoms with van der Waals surface area (Å²) in [4.78, 5) is 18.9. The Kier molecular flexibility index (Phi) is 4.94. The van der Waals surface area contributed by atoms with E-state index in [1.807, 2.05) is 53.4 Å². The van der Waals surface area contributed by atoms with Crippen LogP contribution in [-0.4, -0.2) is 54.0 Å². The minimum atomic E-state index is -3.09. The SMILES string of the molecule is O=C(Cc1ccccc1)N=C1SC2CS(=O)(=O)CC2N1Cc1ccc2c(c1)OCO2. The van der Waals surface area contributed by atoms with Crippen molar-refractivity contribution >= 4 is 32.7 Å². The first kappa shape index (κ1) is 19.4. The lowest BCUT2D eigenvalue weighted by molar-refractivity contribution is -0.117. The van der Waals surface area contributed by atoms with Gasteiger partial charge in [0.2, 0.25) is 6.79 Å². The second kappa shape index (κ2) is 7.63. The van der Waals surface area contributed by atoms with Crippen LogP contribution in [0.3, 0.4) is 0 Å². The zero-order valence-corrected chi connectivity index (χ0v) is 17.7. The Bertz CT molecular complexity index is 1120. The van der Waals surface area contributed by atoms with Gasteiger partial charge in [0.1, 0.15) is 0 Å². The van der Waals surface area contributed by atoms with E-state index in [4.69, 9.17) is 9.47 Å². The summed E-state index contributed by atoms with van der Waals surface area (Å²) in [6.07, 6.45) is 0.219. The van der Waals surface area contributed by atoms with Gasteiger partial charge in [-0.05, 0) is 23.3 Å². The van der Waals surface area contributed by atoms with Gasteiger partial charge in [0, 0.05) is 11.8 Å². The van der Waals surface area contributed by atoms with Crippen molar-refractivity contribution in [3.8, 4) is 11.5 Å². The smallest absolute Gasteiger partial charge is 0.252 e. The average Bonchev–Trinajstić information content (AvgIpc) is 3.36. The molecule has 2 atom stereocenters. The Morgan fingerprint density at radius 1 is 1.07 bits per heavy atom. The van der Waals surface area contributed by atoms with E-state index in [0.29, 0.717) is 23.2 Å². The van der Waals surface area contributed by atoms with Crippen LogP contribution in [0.1, 0.15) is 11.1 Å². The highest BCUT2D eigenvalue weighted by Crippen LogP contribution is 2.40. The van der Waals surface area contributed by atoms with Crippen LogP contribution in [0.25, 0.3) is 0 Å². The van der Waals surface area contributed by atoms with Gasteiger partial charge in [-0.25, -0.2) is 8.42 Å². The van der Waals surface area contributed by atoms with Gasteiger partial charge in [-0.15, -0.1) is 0 Å². The molecule has 2 fully saturated rings. The van der Waals surface area contributed by atoms with Crippen LogP contribution in [0.2, 0.25) is 0 Å². The summed E-state index contributed by atoms with van der Waals surface area (Å²) >= 11 is 1.40. The van der Waals surface area contributed by atoms with Crippen LogP contribution < -0.4 is 9.47 Å². The number of rotatable bonds is 4. The van der Waals surface area contributed by atoms with E-state index in [2.05, 4.69) is 4.99 Å². The highest BCUT2D eigenvalue weighted by molar-refractivity contribution is 8.15. The van der Waals surface area contributed by atoms with E-state index >= 15 is 0 Å². The lowest BCUT2D eigenvalue weighted by Crippen LogP contribution is -2.37. The summed E-state index contributed by atoms with van der Waals surface area (Å²) in [7, 11) is -3.09. The number of ether oxygens (including phenoxy) is 2. The van der Waals surface area contributed by atoms with Crippen LogP contribution in [0, 0.1) is 0 Å². The predicted molar refractivity (Wildman–Crippen MR) is 115 cm³/mol. The largest absolute Gasteiger partial charge is 0.454 e. The summed E-state index contributed by atoms with van der Waals surface area (Å²) in [5, 5.41) is 0.491. The number of carbonyl (C=O) groups is 1. The summed E-state index contributed by atoms with van der Waals surface area (Å²) in [5.41, 5.74) is 1.85. The van der Waals surface area contributed by atoms with Crippen LogP contribution in [0.4, 0.5) is 0 Å². The van der Waals surface area contributed by atoms with Gasteiger partial charge in [0.25, 0.3) is 5.91 Å². The van der Waals surface area contributed by atoms with Gasteiger partial charge in [0.15, 0.2) is 26.5 Å². The molecular weight excluding hydrogens is 424 g/mol. The van der Waals surface area contributed by atoms with Crippen LogP contribution in [-0.2, 0) is 27.6 Å². The number of amidine groups is 1. The number of benzene rings is 2. The van der Waals surface area contributed by atoms with Crippen molar-refractivity contribution in [1.82, 2.24) is 4.90 Å². The second-order valence-corrected chi connectivity index (χ2v) is 10.9. The molecule has 3 heterocycles. The molecule has 0 spiro atoms. The molecule has 7 nitrogen and oxygen atoms in total. The maximum absolute atomic E-state index is 12.6. The molecule has 2 saturated heterocycles. The number of sulfone groups is 1. The maximum atomic E-state index is 12.6. The molecule has 0 bridgehead atoms. The van der Waals surface area contributed by atoms with Gasteiger partial charge < -0.3 is 14.4 Å². The van der Waals surface area contributed by atoms with Crippen molar-refractivity contribution in [2.75, 3.05) is 18.3 Å². The molecule has 0 radical (unpaired) electrons. The molecule has 0 N–H and O–H groups in total. The molecule has 30 heavy (non-hydrogen) atoms. The standard InChI is InChI=1S/C21H20N2O5S2/c24-20(9-14-4-2-1-3-5-14)22-21-23(16-11-30(25,26)12-19(16)29-21)10-15-6-7-17-18(8-15)28-13-27-17/h1-8,16,19H,9-13H2. The van der Waals surface area contributed by atoms with E-state index in [1.165, 1.54) is 11.8 Å². The molecule has 156 valence electrons. The monoisotopic (exact) mass is 444 g/mol. The van der Waals surface area contributed by atoms with E-state index in [9.17, 15) is 13.2 Å². The van der Waals surface area contributed by atoms with E-state index in [0.717, 1.165) is 11.1 Å². The molecule has 1 amide bonds. The third kappa shape index (κ3) is 3.91. The fourth-order valence-electron chi connectivity index (χ4n) is 3.97. The molecule has 2 aromatic carbocycles. The van der Waals surface area contributed by atoms with Crippen LogP contribution >= 0.6 is 11.8 Å². The number of amides is 1. The Labute approximate surface area is 179 Å². The number of carbonyl (C=O) groups excluding carboxylic acids is 1. The maximum Gasteiger partial charge on any atom is 0.252 e. The molecule has 3 aliphatic rings. The van der Waals surface area contributed by atoms with Crippen LogP contribution in [0.15, 0.2) is 53.5 Å². The molecule has 3 aliphatic heterocycles. The average molecular weight is 445 g/mol. The van der Waals surface area contributed by atoms with E-state index in [-0.39, 0.29) is 41.9 Å². The summed E-state index contributed by atoms with van der Waals surface area (Å²) in [5.74, 6) is 1.34. The number of nitrogens with zero attached hydrogens (tertiary/aromatic N) is 2. The summed E-state index contributed by atoms with van der Waals surface area (Å²) in [6, 6.07) is 15.0. The number of hydrogen-bond donors (Lipinski definition) is 0. The highest BCUT2D eigenvalue weighted by Gasteiger charge is 2.48. The van der Waals surface area contributed by atoms with Gasteiger partial charge in [-0.3, -0.25) is 4.79 Å². The molecule has 0 saturated carbocycles. The fraction of sp³-hybridized carbons (Fsp3) is 0.333. The van der Waals surface area contributed by atoms with Gasteiger partial charge in [-0.2, -0.15) is 4.99 Å². The molecule has 2 aromatic rings. The second-order valence-electron chi connectivity index (χ2n) is 7.57. The Hall–Kier alpha value is -2.52. The first-order valence-corrected chi connectivity index (χ1v) is 12.3. The highest BCUT2D eigenvalue weighted by atomic mass is 32.2. The Balaban J connectivity index is 1.40. The van der Waals surface area contributed by atoms with Crippen molar-refractivity contribution in [2.45, 2.75) is 24.3 Å². The van der Waals surface area contributed by atoms with E-state index in [1.54, 1.807) is 0 Å². The number of hydrogen-bond acceptors (Lipinski definition) is 6. The number of thioether (sulfide) groups is 1. The first-order chi connectivity index (χ1) is 14.5. The minimum absolute atomic E-state index is 0.0844. The van der Waals surface area contributed by atoms with Gasteiger partial charge in [-0.1, -0.05) is 48.2 Å². The Morgan fingerprint density at radius 3 is 2.70 bits per heavy atom. The molecule has 0 aromatic heterocycles. The minimum Gasteiger partial charge on any atom is -0.454 e. The quantitative estimate of drug-likeness (QED) is 0.715. The molecule has 0 aliphatic carbocycles. The summed E-state index contributed by atoms with van der Waals surface area (Å²) < 4.78 is 35.2. The normalized spacial score (nSPS) is 24.9. The van der Waals surface area contributed by atoms with Crippen molar-refractivity contribution < 1.29 is 22.7 Å². The van der Waals surface area contributed by atoms with Gasteiger partial charge in [0.05, 0.1) is 24.0 Å². The fourth-order valence-corrected chi connectivity index (χ4v) is 7.94. The zero-order valence-electron chi connectivity index (χ0n) is 16.1. The predicted octanol–water partition coefficient (Wildman–Crippen LogP) is 2.25. The third-order valence-corrected chi connectivity index (χ3v) is 8.63. The third-order valence-electron chi connectivity index (χ3n) is 5.38. The number of aliphatic imine (C=N–C) groups is 1. The lowest BCUT2D eigenvalue weighted by Gasteiger charge is -2.24. The molecule has 5 rings (SSSR count). The Morgan fingerprint density at radius 2 is 1.87 bits per heavy atom. The molecule has 9 heteroatoms. The van der Waals surface area contributed by atoms with Crippen molar-refractivity contribution in [3.05, 3.63) is 59.7 Å². The lowest BCUT2D eigenvalue weighted by atomic mass is 10.1. The van der Waals surface area contributed by atoms with Crippen molar-refractivity contribution in [3.63, 3.8) is 0 Å². The zero-order chi connectivity index (χ0) is 20.7.